The Labute approximate surface area is 162 Å². The number of aromatic nitrogens is 1. The summed E-state index contributed by atoms with van der Waals surface area (Å²) in [6.45, 7) is 2.09. The van der Waals surface area contributed by atoms with Gasteiger partial charge in [-0.2, -0.15) is 0 Å². The zero-order valence-corrected chi connectivity index (χ0v) is 16.2. The van der Waals surface area contributed by atoms with Gasteiger partial charge in [0.25, 0.3) is 5.91 Å². The van der Waals surface area contributed by atoms with Gasteiger partial charge in [0, 0.05) is 17.1 Å². The Morgan fingerprint density at radius 2 is 1.89 bits per heavy atom. The predicted octanol–water partition coefficient (Wildman–Crippen LogP) is 4.72. The molecule has 3 rings (SSSR count). The number of carbonyl (C=O) groups is 1. The van der Waals surface area contributed by atoms with Crippen LogP contribution in [0.1, 0.15) is 23.0 Å². The SMILES string of the molecule is CCc1ccc(NC(=O)c2csc(Nc3ccc(OC)cc3OC)n2)cc1. The number of rotatable bonds is 7. The van der Waals surface area contributed by atoms with Crippen LogP contribution in [0.5, 0.6) is 11.5 Å². The number of hydrogen-bond donors (Lipinski definition) is 2. The molecule has 1 amide bonds. The molecule has 27 heavy (non-hydrogen) atoms. The molecule has 0 spiro atoms. The number of thiazole rings is 1. The van der Waals surface area contributed by atoms with E-state index in [-0.39, 0.29) is 5.91 Å². The van der Waals surface area contributed by atoms with E-state index in [9.17, 15) is 4.79 Å². The summed E-state index contributed by atoms with van der Waals surface area (Å²) in [6.07, 6.45) is 0.962. The first-order valence-electron chi connectivity index (χ1n) is 8.47. The molecule has 0 saturated carbocycles. The van der Waals surface area contributed by atoms with Crippen molar-refractivity contribution in [3.8, 4) is 11.5 Å². The summed E-state index contributed by atoms with van der Waals surface area (Å²) in [5, 5.41) is 8.35. The molecule has 2 aromatic carbocycles. The lowest BCUT2D eigenvalue weighted by molar-refractivity contribution is 0.102. The number of ether oxygens (including phenoxy) is 2. The van der Waals surface area contributed by atoms with Gasteiger partial charge in [-0.1, -0.05) is 19.1 Å². The van der Waals surface area contributed by atoms with E-state index in [2.05, 4.69) is 22.5 Å². The van der Waals surface area contributed by atoms with Crippen LogP contribution in [-0.2, 0) is 6.42 Å². The first-order valence-corrected chi connectivity index (χ1v) is 9.35. The lowest BCUT2D eigenvalue weighted by Gasteiger charge is -2.10. The maximum Gasteiger partial charge on any atom is 0.275 e. The Morgan fingerprint density at radius 1 is 1.11 bits per heavy atom. The van der Waals surface area contributed by atoms with Crippen LogP contribution in [0.3, 0.4) is 0 Å². The number of nitrogens with zero attached hydrogens (tertiary/aromatic N) is 1. The van der Waals surface area contributed by atoms with Gasteiger partial charge >= 0.3 is 0 Å². The number of aryl methyl sites for hydroxylation is 1. The van der Waals surface area contributed by atoms with Crippen LogP contribution in [0, 0.1) is 0 Å². The summed E-state index contributed by atoms with van der Waals surface area (Å²) in [6, 6.07) is 13.2. The molecule has 7 heteroatoms. The van der Waals surface area contributed by atoms with E-state index in [0.717, 1.165) is 17.8 Å². The second kappa shape index (κ2) is 8.55. The average Bonchev–Trinajstić information content (AvgIpc) is 3.17. The Morgan fingerprint density at radius 3 is 2.56 bits per heavy atom. The molecule has 0 aliphatic rings. The van der Waals surface area contributed by atoms with Gasteiger partial charge in [0.1, 0.15) is 17.2 Å². The van der Waals surface area contributed by atoms with E-state index in [4.69, 9.17) is 9.47 Å². The molecule has 0 bridgehead atoms. The van der Waals surface area contributed by atoms with Crippen molar-refractivity contribution in [2.75, 3.05) is 24.9 Å². The van der Waals surface area contributed by atoms with E-state index in [1.165, 1.54) is 16.9 Å². The zero-order chi connectivity index (χ0) is 19.2. The van der Waals surface area contributed by atoms with Crippen molar-refractivity contribution in [3.05, 3.63) is 59.1 Å². The minimum absolute atomic E-state index is 0.245. The van der Waals surface area contributed by atoms with Gasteiger partial charge in [-0.15, -0.1) is 11.3 Å². The van der Waals surface area contributed by atoms with Crippen molar-refractivity contribution >= 4 is 33.8 Å². The molecule has 6 nitrogen and oxygen atoms in total. The molecule has 140 valence electrons. The molecule has 0 fully saturated rings. The third-order valence-electron chi connectivity index (χ3n) is 4.01. The molecule has 0 radical (unpaired) electrons. The highest BCUT2D eigenvalue weighted by molar-refractivity contribution is 7.14. The highest BCUT2D eigenvalue weighted by Gasteiger charge is 2.13. The number of anilines is 3. The summed E-state index contributed by atoms with van der Waals surface area (Å²) >= 11 is 1.35. The standard InChI is InChI=1S/C20H21N3O3S/c1-4-13-5-7-14(8-6-13)21-19(24)17-12-27-20(23-17)22-16-10-9-15(25-2)11-18(16)26-3/h5-12H,4H2,1-3H3,(H,21,24)(H,22,23). The number of nitrogens with one attached hydrogen (secondary N) is 2. The number of amides is 1. The molecular formula is C20H21N3O3S. The van der Waals surface area contributed by atoms with Gasteiger partial charge in [0.05, 0.1) is 19.9 Å². The number of carbonyl (C=O) groups excluding carboxylic acids is 1. The topological polar surface area (TPSA) is 72.5 Å². The Kier molecular flexibility index (Phi) is 5.93. The van der Waals surface area contributed by atoms with Crippen LogP contribution in [-0.4, -0.2) is 25.1 Å². The second-order valence-electron chi connectivity index (χ2n) is 5.73. The van der Waals surface area contributed by atoms with Crippen LogP contribution in [0.15, 0.2) is 47.8 Å². The first-order chi connectivity index (χ1) is 13.1. The maximum absolute atomic E-state index is 12.4. The molecule has 0 aliphatic heterocycles. The summed E-state index contributed by atoms with van der Waals surface area (Å²) in [5.41, 5.74) is 3.07. The van der Waals surface area contributed by atoms with Crippen molar-refractivity contribution < 1.29 is 14.3 Å². The fraction of sp³-hybridized carbons (Fsp3) is 0.200. The highest BCUT2D eigenvalue weighted by atomic mass is 32.1. The van der Waals surface area contributed by atoms with Gasteiger partial charge in [-0.3, -0.25) is 4.79 Å². The number of methoxy groups -OCH3 is 2. The second-order valence-corrected chi connectivity index (χ2v) is 6.59. The molecule has 1 heterocycles. The lowest BCUT2D eigenvalue weighted by atomic mass is 10.1. The van der Waals surface area contributed by atoms with E-state index in [1.54, 1.807) is 25.7 Å². The van der Waals surface area contributed by atoms with E-state index >= 15 is 0 Å². The summed E-state index contributed by atoms with van der Waals surface area (Å²) < 4.78 is 10.6. The van der Waals surface area contributed by atoms with Crippen molar-refractivity contribution in [1.29, 1.82) is 0 Å². The van der Waals surface area contributed by atoms with Gasteiger partial charge < -0.3 is 20.1 Å². The Hall–Kier alpha value is -3.06. The molecule has 0 saturated heterocycles. The molecular weight excluding hydrogens is 362 g/mol. The molecule has 0 aliphatic carbocycles. The third-order valence-corrected chi connectivity index (χ3v) is 4.76. The largest absolute Gasteiger partial charge is 0.497 e. The highest BCUT2D eigenvalue weighted by Crippen LogP contribution is 2.32. The smallest absolute Gasteiger partial charge is 0.275 e. The summed E-state index contributed by atoms with van der Waals surface area (Å²) in [7, 11) is 3.19. The van der Waals surface area contributed by atoms with Gasteiger partial charge in [0.15, 0.2) is 5.13 Å². The average molecular weight is 383 g/mol. The Bertz CT molecular complexity index is 922. The summed E-state index contributed by atoms with van der Waals surface area (Å²) in [5.74, 6) is 1.09. The van der Waals surface area contributed by atoms with Gasteiger partial charge in [-0.25, -0.2) is 4.98 Å². The minimum Gasteiger partial charge on any atom is -0.497 e. The molecule has 0 unspecified atom stereocenters. The van der Waals surface area contributed by atoms with Crippen molar-refractivity contribution in [3.63, 3.8) is 0 Å². The van der Waals surface area contributed by atoms with Crippen LogP contribution in [0.4, 0.5) is 16.5 Å². The Balaban J connectivity index is 1.69. The van der Waals surface area contributed by atoms with Gasteiger partial charge in [0.2, 0.25) is 0 Å². The molecule has 3 aromatic rings. The fourth-order valence-electron chi connectivity index (χ4n) is 2.47. The first kappa shape index (κ1) is 18.7. The maximum atomic E-state index is 12.4. The molecule has 1 aromatic heterocycles. The van der Waals surface area contributed by atoms with Crippen LogP contribution in [0.2, 0.25) is 0 Å². The molecule has 0 atom stereocenters. The zero-order valence-electron chi connectivity index (χ0n) is 15.4. The van der Waals surface area contributed by atoms with E-state index in [0.29, 0.717) is 22.3 Å². The van der Waals surface area contributed by atoms with Crippen LogP contribution >= 0.6 is 11.3 Å². The third kappa shape index (κ3) is 4.57. The quantitative estimate of drug-likeness (QED) is 0.618. The fourth-order valence-corrected chi connectivity index (χ4v) is 3.17. The molecule has 2 N–H and O–H groups in total. The van der Waals surface area contributed by atoms with E-state index < -0.39 is 0 Å². The van der Waals surface area contributed by atoms with Crippen molar-refractivity contribution in [2.45, 2.75) is 13.3 Å². The minimum atomic E-state index is -0.245. The van der Waals surface area contributed by atoms with Crippen molar-refractivity contribution in [2.24, 2.45) is 0 Å². The lowest BCUT2D eigenvalue weighted by Crippen LogP contribution is -2.12. The number of hydrogen-bond acceptors (Lipinski definition) is 6. The number of benzene rings is 2. The normalized spacial score (nSPS) is 10.3. The van der Waals surface area contributed by atoms with Crippen LogP contribution < -0.4 is 20.1 Å². The van der Waals surface area contributed by atoms with Gasteiger partial charge in [-0.05, 0) is 36.2 Å². The van der Waals surface area contributed by atoms with Crippen LogP contribution in [0.25, 0.3) is 0 Å². The monoisotopic (exact) mass is 383 g/mol. The van der Waals surface area contributed by atoms with E-state index in [1.807, 2.05) is 36.4 Å². The predicted molar refractivity (Wildman–Crippen MR) is 109 cm³/mol. The van der Waals surface area contributed by atoms with Crippen molar-refractivity contribution in [1.82, 2.24) is 4.98 Å². The summed E-state index contributed by atoms with van der Waals surface area (Å²) in [4.78, 5) is 16.8.